The lowest BCUT2D eigenvalue weighted by atomic mass is 9.87. The molecule has 4 aromatic rings. The van der Waals surface area contributed by atoms with Crippen LogP contribution < -0.4 is 0 Å². The number of thioether (sulfide) groups is 1. The molecule has 2 aromatic heterocycles. The molecule has 52 heavy (non-hydrogen) atoms. The fourth-order valence-electron chi connectivity index (χ4n) is 5.11. The van der Waals surface area contributed by atoms with E-state index >= 15 is 0 Å². The number of para-hydroxylation sites is 2. The highest BCUT2D eigenvalue weighted by Crippen LogP contribution is 2.30. The van der Waals surface area contributed by atoms with Crippen LogP contribution in [0.15, 0.2) is 52.9 Å². The number of carbonyl (C=O) groups is 2. The molecule has 2 atom stereocenters. The summed E-state index contributed by atoms with van der Waals surface area (Å²) in [7, 11) is 0. The third kappa shape index (κ3) is 16.3. The molecular weight excluding hydrogens is 733 g/mol. The van der Waals surface area contributed by atoms with Crippen molar-refractivity contribution in [3.63, 3.8) is 0 Å². The monoisotopic (exact) mass is 790 g/mol. The van der Waals surface area contributed by atoms with Crippen molar-refractivity contribution in [2.75, 3.05) is 25.6 Å². The van der Waals surface area contributed by atoms with Crippen molar-refractivity contribution in [1.29, 1.82) is 0 Å². The number of nitrogens with one attached hydrogen (secondary N) is 1. The number of nitrogens with zero attached hydrogens (tertiary/aromatic N) is 1. The predicted molar refractivity (Wildman–Crippen MR) is 220 cm³/mol. The van der Waals surface area contributed by atoms with E-state index in [1.54, 1.807) is 22.7 Å². The van der Waals surface area contributed by atoms with Crippen LogP contribution in [0.1, 0.15) is 106 Å². The Kier molecular flexibility index (Phi) is 19.3. The molecule has 0 amide bonds. The normalized spacial score (nSPS) is 14.6. The zero-order valence-electron chi connectivity index (χ0n) is 31.7. The number of aromatic nitrogens is 2. The van der Waals surface area contributed by atoms with Crippen LogP contribution in [0, 0.1) is 14.8 Å². The molecule has 1 aliphatic heterocycles. The van der Waals surface area contributed by atoms with Crippen LogP contribution in [0.25, 0.3) is 20.4 Å². The molecule has 8 nitrogen and oxygen atoms in total. The maximum Gasteiger partial charge on any atom is 0.311 e. The van der Waals surface area contributed by atoms with E-state index in [1.165, 1.54) is 48.6 Å². The minimum absolute atomic E-state index is 0.0368. The Morgan fingerprint density at radius 3 is 2.06 bits per heavy atom. The van der Waals surface area contributed by atoms with E-state index in [1.807, 2.05) is 70.2 Å². The number of fused-ring (bicyclic) bond motifs is 2. The van der Waals surface area contributed by atoms with Crippen molar-refractivity contribution >= 4 is 79.0 Å². The Bertz CT molecular complexity index is 1620. The molecule has 0 radical (unpaired) electrons. The number of H-pyrrole nitrogens is 1. The van der Waals surface area contributed by atoms with Crippen LogP contribution in [-0.4, -0.2) is 64.8 Å². The summed E-state index contributed by atoms with van der Waals surface area (Å²) in [6.45, 7) is 13.3. The maximum absolute atomic E-state index is 12.3. The highest BCUT2D eigenvalue weighted by atomic mass is 32.2. The van der Waals surface area contributed by atoms with Crippen LogP contribution >= 0.6 is 46.7 Å². The van der Waals surface area contributed by atoms with E-state index in [4.69, 9.17) is 26.4 Å². The molecule has 12 heteroatoms. The first-order valence-corrected chi connectivity index (χ1v) is 21.6. The summed E-state index contributed by atoms with van der Waals surface area (Å²) in [5, 5.41) is 10.1. The molecule has 2 N–H and O–H groups in total. The molecule has 1 fully saturated rings. The fourth-order valence-corrected chi connectivity index (χ4v) is 8.23. The molecule has 3 heterocycles. The second-order valence-electron chi connectivity index (χ2n) is 14.5. The first kappa shape index (κ1) is 44.0. The SMILES string of the molecule is CCCCCCC(C)(C)C(=O)OCC(O)CSc1nc2ccccc2s1.CCCCCCC(C)(C)C(=O)OCC1CO1.S=c1[nH]c2ccccc2s1. The van der Waals surface area contributed by atoms with Gasteiger partial charge in [-0.25, -0.2) is 4.98 Å². The number of thiazole rings is 2. The molecule has 288 valence electrons. The second-order valence-corrected chi connectivity index (χ2v) is 18.5. The maximum atomic E-state index is 12.3. The van der Waals surface area contributed by atoms with E-state index in [0.29, 0.717) is 12.4 Å². The van der Waals surface area contributed by atoms with Gasteiger partial charge in [0.2, 0.25) is 0 Å². The summed E-state index contributed by atoms with van der Waals surface area (Å²) >= 11 is 9.70. The van der Waals surface area contributed by atoms with E-state index in [-0.39, 0.29) is 30.1 Å². The first-order valence-electron chi connectivity index (χ1n) is 18.5. The summed E-state index contributed by atoms with van der Waals surface area (Å²) in [6, 6.07) is 16.1. The molecule has 2 aromatic carbocycles. The molecule has 0 saturated carbocycles. The Balaban J connectivity index is 0.000000236. The van der Waals surface area contributed by atoms with Gasteiger partial charge in [-0.3, -0.25) is 9.59 Å². The number of epoxide rings is 1. The molecule has 0 spiro atoms. The minimum Gasteiger partial charge on any atom is -0.462 e. The fraction of sp³-hybridized carbons (Fsp3) is 0.600. The van der Waals surface area contributed by atoms with Crippen molar-refractivity contribution in [2.24, 2.45) is 10.8 Å². The molecule has 0 aliphatic carbocycles. The minimum atomic E-state index is -0.688. The number of esters is 2. The number of ether oxygens (including phenoxy) is 3. The van der Waals surface area contributed by atoms with Gasteiger partial charge in [0.25, 0.3) is 0 Å². The van der Waals surface area contributed by atoms with Gasteiger partial charge in [-0.2, -0.15) is 0 Å². The average Bonchev–Trinajstić information content (AvgIpc) is 3.73. The number of hydrogen-bond donors (Lipinski definition) is 2. The zero-order chi connectivity index (χ0) is 38.0. The van der Waals surface area contributed by atoms with E-state index < -0.39 is 11.5 Å². The summed E-state index contributed by atoms with van der Waals surface area (Å²) in [4.78, 5) is 31.7. The molecule has 1 aliphatic rings. The van der Waals surface area contributed by atoms with Gasteiger partial charge >= 0.3 is 11.9 Å². The Hall–Kier alpha value is -2.35. The van der Waals surface area contributed by atoms with Gasteiger partial charge in [0.15, 0.2) is 8.29 Å². The summed E-state index contributed by atoms with van der Waals surface area (Å²) < 4.78 is 19.7. The van der Waals surface area contributed by atoms with Crippen molar-refractivity contribution in [3.8, 4) is 0 Å². The number of benzene rings is 2. The van der Waals surface area contributed by atoms with E-state index in [0.717, 1.165) is 62.7 Å². The highest BCUT2D eigenvalue weighted by Gasteiger charge is 2.32. The van der Waals surface area contributed by atoms with Gasteiger partial charge in [-0.15, -0.1) is 22.7 Å². The third-order valence-electron chi connectivity index (χ3n) is 8.63. The first-order chi connectivity index (χ1) is 24.8. The van der Waals surface area contributed by atoms with Crippen LogP contribution in [0.4, 0.5) is 0 Å². The van der Waals surface area contributed by atoms with Gasteiger partial charge < -0.3 is 24.3 Å². The summed E-state index contributed by atoms with van der Waals surface area (Å²) in [6.07, 6.45) is 10.6. The van der Waals surface area contributed by atoms with E-state index in [9.17, 15) is 14.7 Å². The number of unbranched alkanes of at least 4 members (excludes halogenated alkanes) is 6. The largest absolute Gasteiger partial charge is 0.462 e. The molecular formula is C40H58N2O6S4. The van der Waals surface area contributed by atoms with Crippen molar-refractivity contribution in [1.82, 2.24) is 9.97 Å². The Morgan fingerprint density at radius 1 is 0.904 bits per heavy atom. The van der Waals surface area contributed by atoms with Crippen LogP contribution in [-0.2, 0) is 23.8 Å². The lowest BCUT2D eigenvalue weighted by Crippen LogP contribution is -2.30. The number of hydrogen-bond acceptors (Lipinski definition) is 11. The summed E-state index contributed by atoms with van der Waals surface area (Å²) in [5.74, 6) is 0.154. The zero-order valence-corrected chi connectivity index (χ0v) is 35.0. The number of aliphatic hydroxyl groups is 1. The highest BCUT2D eigenvalue weighted by molar-refractivity contribution is 8.01. The number of carbonyl (C=O) groups excluding carboxylic acids is 2. The van der Waals surface area contributed by atoms with E-state index in [2.05, 4.69) is 29.9 Å². The molecule has 1 saturated heterocycles. The second kappa shape index (κ2) is 22.8. The van der Waals surface area contributed by atoms with Crippen LogP contribution in [0.3, 0.4) is 0 Å². The van der Waals surface area contributed by atoms with Gasteiger partial charge in [-0.05, 0) is 77.0 Å². The molecule has 2 unspecified atom stereocenters. The van der Waals surface area contributed by atoms with Gasteiger partial charge in [0.1, 0.15) is 19.3 Å². The number of rotatable bonds is 19. The van der Waals surface area contributed by atoms with Gasteiger partial charge in [0.05, 0.1) is 44.0 Å². The smallest absolute Gasteiger partial charge is 0.311 e. The van der Waals surface area contributed by atoms with Crippen LogP contribution in [0.5, 0.6) is 0 Å². The third-order valence-corrected chi connectivity index (χ3v) is 12.2. The standard InChI is InChI=1S/C20H29NO3S2.C13H24O3.C7H5NS2/c1-4-5-6-9-12-20(2,3)18(23)24-13-15(22)14-25-19-21-16-10-7-8-11-17(16)26-19;1-4-5-6-7-8-13(2,3)12(14)16-10-11-9-15-11;9-7-8-5-3-1-2-4-6(5)10-7/h7-8,10-11,15,22H,4-6,9,12-14H2,1-3H3;11H,4-10H2,1-3H3;1-4H,(H,8,9). The quantitative estimate of drug-likeness (QED) is 0.0315. The van der Waals surface area contributed by atoms with Gasteiger partial charge in [0, 0.05) is 5.75 Å². The van der Waals surface area contributed by atoms with Crippen molar-refractivity contribution in [3.05, 3.63) is 52.5 Å². The molecule has 0 bridgehead atoms. The Morgan fingerprint density at radius 2 is 1.48 bits per heavy atom. The summed E-state index contributed by atoms with van der Waals surface area (Å²) in [5.41, 5.74) is 1.28. The number of aliphatic hydroxyl groups excluding tert-OH is 1. The van der Waals surface area contributed by atoms with Crippen molar-refractivity contribution in [2.45, 2.75) is 122 Å². The van der Waals surface area contributed by atoms with Gasteiger partial charge in [-0.1, -0.05) is 101 Å². The Labute approximate surface area is 327 Å². The predicted octanol–water partition coefficient (Wildman–Crippen LogP) is 11.2. The average molecular weight is 791 g/mol. The lowest BCUT2D eigenvalue weighted by molar-refractivity contribution is -0.157. The van der Waals surface area contributed by atoms with Crippen molar-refractivity contribution < 1.29 is 28.9 Å². The van der Waals surface area contributed by atoms with Crippen LogP contribution in [0.2, 0.25) is 0 Å². The number of aromatic amines is 1. The lowest BCUT2D eigenvalue weighted by Gasteiger charge is -2.23. The molecule has 5 rings (SSSR count). The topological polar surface area (TPSA) is 114 Å².